The van der Waals surface area contributed by atoms with E-state index in [-0.39, 0.29) is 5.96 Å². The van der Waals surface area contributed by atoms with Gasteiger partial charge in [0.25, 0.3) is 0 Å². The van der Waals surface area contributed by atoms with Gasteiger partial charge in [0, 0.05) is 5.75 Å². The molecule has 4 nitrogen and oxygen atoms in total. The Bertz CT molecular complexity index is 137. The van der Waals surface area contributed by atoms with Crippen molar-refractivity contribution in [2.24, 2.45) is 16.5 Å². The minimum atomic E-state index is -0.696. The number of nitrogens with two attached hydrogens (primary N) is 2. The van der Waals surface area contributed by atoms with Crippen LogP contribution in [0.1, 0.15) is 13.8 Å². The third-order valence-corrected chi connectivity index (χ3v) is 1.93. The number of thioether (sulfide) groups is 1. The standard InChI is InChI=1S/C6H15N3OS/c1-6(2,10)11-4-3-9-5(7)8/h10H,3-4H2,1-2H3,(H4,7,8,9). The highest BCUT2D eigenvalue weighted by atomic mass is 32.2. The highest BCUT2D eigenvalue weighted by Crippen LogP contribution is 2.19. The van der Waals surface area contributed by atoms with E-state index in [9.17, 15) is 5.11 Å². The fourth-order valence-corrected chi connectivity index (χ4v) is 1.15. The van der Waals surface area contributed by atoms with Gasteiger partial charge in [-0.15, -0.1) is 11.8 Å². The summed E-state index contributed by atoms with van der Waals surface area (Å²) in [6, 6.07) is 0. The molecule has 0 aromatic carbocycles. The van der Waals surface area contributed by atoms with Gasteiger partial charge in [-0.25, -0.2) is 0 Å². The Labute approximate surface area is 71.1 Å². The van der Waals surface area contributed by atoms with Crippen LogP contribution in [0.15, 0.2) is 4.99 Å². The van der Waals surface area contributed by atoms with Gasteiger partial charge in [-0.3, -0.25) is 4.99 Å². The largest absolute Gasteiger partial charge is 0.380 e. The molecule has 0 bridgehead atoms. The summed E-state index contributed by atoms with van der Waals surface area (Å²) in [6.45, 7) is 4.01. The maximum absolute atomic E-state index is 9.23. The summed E-state index contributed by atoms with van der Waals surface area (Å²) in [5.74, 6) is 0.822. The molecular formula is C6H15N3OS. The Morgan fingerprint density at radius 2 is 2.09 bits per heavy atom. The van der Waals surface area contributed by atoms with E-state index in [2.05, 4.69) is 4.99 Å². The van der Waals surface area contributed by atoms with E-state index in [0.29, 0.717) is 6.54 Å². The number of aliphatic hydroxyl groups is 1. The van der Waals surface area contributed by atoms with Crippen LogP contribution in [0.5, 0.6) is 0 Å². The van der Waals surface area contributed by atoms with Crippen LogP contribution in [0.3, 0.4) is 0 Å². The Morgan fingerprint density at radius 1 is 1.55 bits per heavy atom. The summed E-state index contributed by atoms with van der Waals surface area (Å²) in [6.07, 6.45) is 0. The summed E-state index contributed by atoms with van der Waals surface area (Å²) < 4.78 is 0. The van der Waals surface area contributed by atoms with Crippen LogP contribution in [0.2, 0.25) is 0 Å². The first-order chi connectivity index (χ1) is 4.92. The Morgan fingerprint density at radius 3 is 2.45 bits per heavy atom. The first-order valence-corrected chi connectivity index (χ1v) is 4.32. The van der Waals surface area contributed by atoms with E-state index >= 15 is 0 Å². The van der Waals surface area contributed by atoms with Gasteiger partial charge >= 0.3 is 0 Å². The van der Waals surface area contributed by atoms with Gasteiger partial charge in [-0.1, -0.05) is 0 Å². The van der Waals surface area contributed by atoms with Crippen LogP contribution in [0.4, 0.5) is 0 Å². The van der Waals surface area contributed by atoms with E-state index < -0.39 is 4.93 Å². The Kier molecular flexibility index (Phi) is 4.29. The van der Waals surface area contributed by atoms with Crippen LogP contribution in [0.25, 0.3) is 0 Å². The average molecular weight is 177 g/mol. The molecule has 5 N–H and O–H groups in total. The number of aliphatic imine (C=N–C) groups is 1. The molecule has 0 fully saturated rings. The van der Waals surface area contributed by atoms with Crippen LogP contribution in [-0.4, -0.2) is 28.3 Å². The molecule has 66 valence electrons. The van der Waals surface area contributed by atoms with Crippen molar-refractivity contribution in [3.05, 3.63) is 0 Å². The van der Waals surface area contributed by atoms with Gasteiger partial charge in [0.1, 0.15) is 4.93 Å². The number of guanidine groups is 1. The maximum Gasteiger partial charge on any atom is 0.185 e. The van der Waals surface area contributed by atoms with Gasteiger partial charge in [-0.2, -0.15) is 0 Å². The Hall–Kier alpha value is -0.420. The molecule has 0 saturated heterocycles. The summed E-state index contributed by atoms with van der Waals surface area (Å²) in [5.41, 5.74) is 10.2. The van der Waals surface area contributed by atoms with E-state index in [0.717, 1.165) is 5.75 Å². The molecule has 0 radical (unpaired) electrons. The van der Waals surface area contributed by atoms with Crippen molar-refractivity contribution in [3.8, 4) is 0 Å². The molecule has 0 spiro atoms. The molecule has 0 heterocycles. The number of nitrogens with zero attached hydrogens (tertiary/aromatic N) is 1. The topological polar surface area (TPSA) is 84.6 Å². The van der Waals surface area contributed by atoms with Gasteiger partial charge in [-0.05, 0) is 13.8 Å². The van der Waals surface area contributed by atoms with Crippen molar-refractivity contribution in [2.75, 3.05) is 12.3 Å². The third-order valence-electron chi connectivity index (χ3n) is 0.841. The van der Waals surface area contributed by atoms with Gasteiger partial charge in [0.2, 0.25) is 0 Å². The minimum Gasteiger partial charge on any atom is -0.380 e. The molecular weight excluding hydrogens is 162 g/mol. The normalized spacial score (nSPS) is 11.2. The fraction of sp³-hybridized carbons (Fsp3) is 0.833. The lowest BCUT2D eigenvalue weighted by atomic mass is 10.5. The van der Waals surface area contributed by atoms with Crippen LogP contribution < -0.4 is 11.5 Å². The molecule has 5 heteroatoms. The van der Waals surface area contributed by atoms with Gasteiger partial charge < -0.3 is 16.6 Å². The first-order valence-electron chi connectivity index (χ1n) is 3.33. The Balaban J connectivity index is 3.36. The van der Waals surface area contributed by atoms with Gasteiger partial charge in [0.05, 0.1) is 6.54 Å². The SMILES string of the molecule is CC(C)(O)SCCN=C(N)N. The zero-order valence-corrected chi connectivity index (χ0v) is 7.69. The van der Waals surface area contributed by atoms with Crippen molar-refractivity contribution in [1.82, 2.24) is 0 Å². The lowest BCUT2D eigenvalue weighted by molar-refractivity contribution is 0.179. The summed E-state index contributed by atoms with van der Waals surface area (Å²) >= 11 is 1.41. The average Bonchev–Trinajstić information content (AvgIpc) is 1.78. The summed E-state index contributed by atoms with van der Waals surface area (Å²) in [4.78, 5) is 3.07. The van der Waals surface area contributed by atoms with E-state index in [4.69, 9.17) is 11.5 Å². The monoisotopic (exact) mass is 177 g/mol. The van der Waals surface area contributed by atoms with Crippen molar-refractivity contribution in [3.63, 3.8) is 0 Å². The van der Waals surface area contributed by atoms with Crippen molar-refractivity contribution in [1.29, 1.82) is 0 Å². The second kappa shape index (κ2) is 4.46. The van der Waals surface area contributed by atoms with Crippen molar-refractivity contribution < 1.29 is 5.11 Å². The third kappa shape index (κ3) is 9.58. The lowest BCUT2D eigenvalue weighted by Crippen LogP contribution is -2.23. The molecule has 0 rings (SSSR count). The minimum absolute atomic E-state index is 0.0985. The molecule has 0 amide bonds. The molecule has 0 aliphatic heterocycles. The molecule has 0 atom stereocenters. The van der Waals surface area contributed by atoms with Crippen LogP contribution in [0, 0.1) is 0 Å². The second-order valence-corrected chi connectivity index (χ2v) is 4.30. The maximum atomic E-state index is 9.23. The van der Waals surface area contributed by atoms with Crippen LogP contribution in [-0.2, 0) is 0 Å². The molecule has 0 unspecified atom stereocenters. The van der Waals surface area contributed by atoms with Crippen LogP contribution >= 0.6 is 11.8 Å². The van der Waals surface area contributed by atoms with E-state index in [1.165, 1.54) is 11.8 Å². The van der Waals surface area contributed by atoms with Gasteiger partial charge in [0.15, 0.2) is 5.96 Å². The fourth-order valence-electron chi connectivity index (χ4n) is 0.470. The number of hydrogen-bond donors (Lipinski definition) is 3. The molecule has 11 heavy (non-hydrogen) atoms. The molecule has 0 aliphatic rings. The zero-order chi connectivity index (χ0) is 8.91. The molecule has 0 saturated carbocycles. The zero-order valence-electron chi connectivity index (χ0n) is 6.87. The molecule has 0 aliphatic carbocycles. The predicted octanol–water partition coefficient (Wildman–Crippen LogP) is -0.279. The molecule has 0 aromatic rings. The smallest absolute Gasteiger partial charge is 0.185 e. The summed E-state index contributed by atoms with van der Waals surface area (Å²) in [5, 5.41) is 9.23. The van der Waals surface area contributed by atoms with Crippen molar-refractivity contribution >= 4 is 17.7 Å². The highest BCUT2D eigenvalue weighted by molar-refractivity contribution is 8.00. The number of hydrogen-bond acceptors (Lipinski definition) is 3. The quantitative estimate of drug-likeness (QED) is 0.239. The predicted molar refractivity (Wildman–Crippen MR) is 49.4 cm³/mol. The highest BCUT2D eigenvalue weighted by Gasteiger charge is 2.11. The second-order valence-electron chi connectivity index (χ2n) is 2.60. The van der Waals surface area contributed by atoms with E-state index in [1.54, 1.807) is 13.8 Å². The van der Waals surface area contributed by atoms with Crippen molar-refractivity contribution in [2.45, 2.75) is 18.8 Å². The number of rotatable bonds is 4. The lowest BCUT2D eigenvalue weighted by Gasteiger charge is -2.14. The molecule has 0 aromatic heterocycles. The first kappa shape index (κ1) is 10.6. The van der Waals surface area contributed by atoms with E-state index in [1.807, 2.05) is 0 Å². The summed E-state index contributed by atoms with van der Waals surface area (Å²) in [7, 11) is 0.